The first kappa shape index (κ1) is 24.0. The Hall–Kier alpha value is -3.09. The molecule has 1 fully saturated rings. The van der Waals surface area contributed by atoms with Crippen LogP contribution in [-0.4, -0.2) is 41.2 Å². The Morgan fingerprint density at radius 3 is 2.62 bits per heavy atom. The van der Waals surface area contributed by atoms with Gasteiger partial charge in [0, 0.05) is 30.5 Å². The summed E-state index contributed by atoms with van der Waals surface area (Å²) in [5, 5.41) is 15.8. The molecule has 1 aliphatic carbocycles. The normalized spacial score (nSPS) is 17.7. The predicted octanol–water partition coefficient (Wildman–Crippen LogP) is 4.14. The summed E-state index contributed by atoms with van der Waals surface area (Å²) in [5.74, 6) is 0.557. The molecule has 0 radical (unpaired) electrons. The number of nitrogens with one attached hydrogen (secondary N) is 2. The monoisotopic (exact) mass is 465 g/mol. The average Bonchev–Trinajstić information content (AvgIpc) is 2.85. The van der Waals surface area contributed by atoms with Gasteiger partial charge in [-0.3, -0.25) is 4.79 Å². The van der Waals surface area contributed by atoms with Gasteiger partial charge in [0.25, 0.3) is 0 Å². The zero-order chi connectivity index (χ0) is 24.0. The Morgan fingerprint density at radius 2 is 1.88 bits per heavy atom. The molecule has 7 nitrogen and oxygen atoms in total. The van der Waals surface area contributed by atoms with E-state index in [2.05, 4.69) is 27.8 Å². The third-order valence-corrected chi connectivity index (χ3v) is 7.05. The summed E-state index contributed by atoms with van der Waals surface area (Å²) in [7, 11) is 0. The average molecular weight is 466 g/mol. The van der Waals surface area contributed by atoms with Gasteiger partial charge >= 0.3 is 5.97 Å². The van der Waals surface area contributed by atoms with E-state index >= 15 is 0 Å². The number of rotatable bonds is 9. The fraction of sp³-hybridized carbons (Fsp3) is 0.519. The quantitative estimate of drug-likeness (QED) is 0.515. The van der Waals surface area contributed by atoms with Gasteiger partial charge in [-0.1, -0.05) is 44.4 Å². The first-order chi connectivity index (χ1) is 16.4. The molecule has 1 aliphatic heterocycles. The van der Waals surface area contributed by atoms with Crippen LogP contribution in [-0.2, 0) is 28.9 Å². The molecule has 0 saturated heterocycles. The van der Waals surface area contributed by atoms with Gasteiger partial charge in [-0.15, -0.1) is 0 Å². The summed E-state index contributed by atoms with van der Waals surface area (Å²) in [5.41, 5.74) is 2.65. The number of fused-ring (bicyclic) bond motifs is 1. The minimum atomic E-state index is -1.01. The molecule has 1 saturated carbocycles. The molecule has 3 N–H and O–H groups in total. The van der Waals surface area contributed by atoms with Crippen LogP contribution in [0.15, 0.2) is 36.4 Å². The van der Waals surface area contributed by atoms with E-state index in [0.717, 1.165) is 74.3 Å². The number of aliphatic carboxylic acids is 1. The molecule has 2 aliphatic rings. The first-order valence-electron chi connectivity index (χ1n) is 12.4. The first-order valence-corrected chi connectivity index (χ1v) is 12.4. The summed E-state index contributed by atoms with van der Waals surface area (Å²) < 4.78 is 5.87. The second-order valence-electron chi connectivity index (χ2n) is 9.77. The molecule has 1 aromatic carbocycles. The number of aromatic nitrogens is 1. The summed E-state index contributed by atoms with van der Waals surface area (Å²) >= 11 is 0. The van der Waals surface area contributed by atoms with Gasteiger partial charge in [0.15, 0.2) is 0 Å². The molecule has 2 aromatic rings. The van der Waals surface area contributed by atoms with Crippen LogP contribution in [0.1, 0.15) is 62.3 Å². The van der Waals surface area contributed by atoms with Crippen molar-refractivity contribution < 1.29 is 19.4 Å². The molecule has 1 atom stereocenters. The number of ether oxygens (including phenoxy) is 1. The van der Waals surface area contributed by atoms with Crippen molar-refractivity contribution in [3.05, 3.63) is 53.2 Å². The van der Waals surface area contributed by atoms with Gasteiger partial charge in [0.2, 0.25) is 5.91 Å². The van der Waals surface area contributed by atoms with Crippen LogP contribution in [0.3, 0.4) is 0 Å². The molecule has 4 rings (SSSR count). The van der Waals surface area contributed by atoms with Crippen LogP contribution < -0.4 is 15.4 Å². The number of anilines is 1. The standard InChI is InChI=1S/C27H35N3O4/c1-27(14-3-2-4-15-27)26(33)30-23(25(31)32)18-19-7-11-22(12-8-19)34-17-13-21-10-9-20-6-5-16-28-24(20)29-21/h7-12,23H,2-6,13-18H2,1H3,(H,28,29)(H,30,33)(H,31,32)/t23-/m0/s1. The zero-order valence-corrected chi connectivity index (χ0v) is 19.9. The topological polar surface area (TPSA) is 101 Å². The number of carboxylic acids is 1. The van der Waals surface area contributed by atoms with Gasteiger partial charge in [-0.25, -0.2) is 9.78 Å². The lowest BCUT2D eigenvalue weighted by molar-refractivity contribution is -0.144. The van der Waals surface area contributed by atoms with Crippen LogP contribution in [0, 0.1) is 5.41 Å². The SMILES string of the molecule is CC1(C(=O)N[C@@H](Cc2ccc(OCCc3ccc4c(n3)NCCC4)cc2)C(=O)O)CCCCC1. The van der Waals surface area contributed by atoms with E-state index in [1.54, 1.807) is 0 Å². The van der Waals surface area contributed by atoms with E-state index in [9.17, 15) is 14.7 Å². The second kappa shape index (κ2) is 10.9. The summed E-state index contributed by atoms with van der Waals surface area (Å²) in [6, 6.07) is 10.7. The van der Waals surface area contributed by atoms with Gasteiger partial charge in [0.1, 0.15) is 17.6 Å². The van der Waals surface area contributed by atoms with Crippen LogP contribution in [0.5, 0.6) is 5.75 Å². The highest BCUT2D eigenvalue weighted by molar-refractivity contribution is 5.87. The van der Waals surface area contributed by atoms with Gasteiger partial charge < -0.3 is 20.5 Å². The number of benzene rings is 1. The van der Waals surface area contributed by atoms with Crippen molar-refractivity contribution in [3.8, 4) is 5.75 Å². The number of aryl methyl sites for hydroxylation is 1. The van der Waals surface area contributed by atoms with Crippen LogP contribution in [0.2, 0.25) is 0 Å². The van der Waals surface area contributed by atoms with Crippen molar-refractivity contribution in [2.75, 3.05) is 18.5 Å². The molecule has 7 heteroatoms. The smallest absolute Gasteiger partial charge is 0.326 e. The number of carbonyl (C=O) groups is 2. The molecular weight excluding hydrogens is 430 g/mol. The number of amides is 1. The van der Waals surface area contributed by atoms with Gasteiger partial charge in [0.05, 0.1) is 6.61 Å². The number of hydrogen-bond donors (Lipinski definition) is 3. The van der Waals surface area contributed by atoms with Crippen molar-refractivity contribution in [1.29, 1.82) is 0 Å². The third-order valence-electron chi connectivity index (χ3n) is 7.05. The Kier molecular flexibility index (Phi) is 7.70. The highest BCUT2D eigenvalue weighted by Gasteiger charge is 2.36. The lowest BCUT2D eigenvalue weighted by Crippen LogP contribution is -2.49. The number of carboxylic acid groups (broad SMARTS) is 1. The number of hydrogen-bond acceptors (Lipinski definition) is 5. The molecule has 2 heterocycles. The molecule has 0 spiro atoms. The van der Waals surface area contributed by atoms with E-state index in [0.29, 0.717) is 13.0 Å². The number of carbonyl (C=O) groups excluding carboxylic acids is 1. The minimum absolute atomic E-state index is 0.148. The van der Waals surface area contributed by atoms with Crippen molar-refractivity contribution in [2.45, 2.75) is 70.8 Å². The Bertz CT molecular complexity index is 999. The molecule has 1 amide bonds. The maximum Gasteiger partial charge on any atom is 0.326 e. The zero-order valence-electron chi connectivity index (χ0n) is 19.9. The highest BCUT2D eigenvalue weighted by Crippen LogP contribution is 2.36. The van der Waals surface area contributed by atoms with Crippen molar-refractivity contribution in [1.82, 2.24) is 10.3 Å². The van der Waals surface area contributed by atoms with Crippen molar-refractivity contribution in [2.24, 2.45) is 5.41 Å². The maximum atomic E-state index is 12.8. The minimum Gasteiger partial charge on any atom is -0.493 e. The molecule has 182 valence electrons. The molecule has 1 aromatic heterocycles. The lowest BCUT2D eigenvalue weighted by Gasteiger charge is -2.33. The highest BCUT2D eigenvalue weighted by atomic mass is 16.5. The third kappa shape index (κ3) is 6.07. The van der Waals surface area contributed by atoms with Crippen LogP contribution in [0.4, 0.5) is 5.82 Å². The Labute approximate surface area is 201 Å². The molecule has 0 unspecified atom stereocenters. The predicted molar refractivity (Wildman–Crippen MR) is 131 cm³/mol. The van der Waals surface area contributed by atoms with E-state index in [-0.39, 0.29) is 12.3 Å². The lowest BCUT2D eigenvalue weighted by atomic mass is 9.75. The Morgan fingerprint density at radius 1 is 1.12 bits per heavy atom. The molecule has 0 bridgehead atoms. The van der Waals surface area contributed by atoms with Gasteiger partial charge in [-0.05, 0) is 55.0 Å². The van der Waals surface area contributed by atoms with Crippen molar-refractivity contribution in [3.63, 3.8) is 0 Å². The van der Waals surface area contributed by atoms with E-state index in [1.165, 1.54) is 5.56 Å². The fourth-order valence-corrected chi connectivity index (χ4v) is 4.83. The van der Waals surface area contributed by atoms with Crippen LogP contribution >= 0.6 is 0 Å². The summed E-state index contributed by atoms with van der Waals surface area (Å²) in [6.45, 7) is 3.43. The summed E-state index contributed by atoms with van der Waals surface area (Å²) in [4.78, 5) is 29.3. The van der Waals surface area contributed by atoms with Gasteiger partial charge in [-0.2, -0.15) is 0 Å². The number of nitrogens with zero attached hydrogens (tertiary/aromatic N) is 1. The maximum absolute atomic E-state index is 12.8. The molecular formula is C27H35N3O4. The largest absolute Gasteiger partial charge is 0.493 e. The molecule has 34 heavy (non-hydrogen) atoms. The fourth-order valence-electron chi connectivity index (χ4n) is 4.83. The summed E-state index contributed by atoms with van der Waals surface area (Å²) in [6.07, 6.45) is 7.97. The second-order valence-corrected chi connectivity index (χ2v) is 9.77. The number of pyridine rings is 1. The van der Waals surface area contributed by atoms with E-state index in [1.807, 2.05) is 31.2 Å². The van der Waals surface area contributed by atoms with E-state index < -0.39 is 17.4 Å². The van der Waals surface area contributed by atoms with Crippen molar-refractivity contribution >= 4 is 17.7 Å². The van der Waals surface area contributed by atoms with E-state index in [4.69, 9.17) is 4.74 Å². The Balaban J connectivity index is 1.28. The van der Waals surface area contributed by atoms with Crippen LogP contribution in [0.25, 0.3) is 0 Å².